The second-order valence-electron chi connectivity index (χ2n) is 7.02. The van der Waals surface area contributed by atoms with Gasteiger partial charge in [0, 0.05) is 9.75 Å². The van der Waals surface area contributed by atoms with Gasteiger partial charge in [-0.3, -0.25) is 9.83 Å². The monoisotopic (exact) mass is 462 g/mol. The number of thiophene rings is 1. The summed E-state index contributed by atoms with van der Waals surface area (Å²) in [6.07, 6.45) is 0. The van der Waals surface area contributed by atoms with Crippen molar-refractivity contribution in [2.45, 2.75) is 43.7 Å². The molecule has 1 aromatic carbocycles. The van der Waals surface area contributed by atoms with Gasteiger partial charge in [0.05, 0.1) is 21.2 Å². The number of aliphatic imine (C=N–C) groups is 1. The number of halogens is 2. The molecule has 5 nitrogen and oxygen atoms in total. The molecule has 0 unspecified atom stereocenters. The minimum absolute atomic E-state index is 0.0678. The van der Waals surface area contributed by atoms with E-state index in [0.717, 1.165) is 22.4 Å². The van der Waals surface area contributed by atoms with Gasteiger partial charge >= 0.3 is 0 Å². The Morgan fingerprint density at radius 2 is 2.03 bits per heavy atom. The fourth-order valence-corrected chi connectivity index (χ4v) is 5.47. The molecule has 2 aromatic heterocycles. The van der Waals surface area contributed by atoms with Gasteiger partial charge in [-0.15, -0.1) is 16.4 Å². The summed E-state index contributed by atoms with van der Waals surface area (Å²) in [5.41, 5.74) is 6.52. The van der Waals surface area contributed by atoms with Crippen molar-refractivity contribution >= 4 is 40.5 Å². The van der Waals surface area contributed by atoms with Crippen LogP contribution in [0.15, 0.2) is 39.2 Å². The molecule has 1 aliphatic rings. The topological polar surface area (TPSA) is 59.4 Å². The molecule has 0 amide bonds. The lowest BCUT2D eigenvalue weighted by Gasteiger charge is -2.24. The average Bonchev–Trinajstić information content (AvgIpc) is 3.06. The van der Waals surface area contributed by atoms with E-state index in [1.54, 1.807) is 23.5 Å². The SMILES string of the molecule is Cc1cc([C@@H]2CONC(c3c(Sc4cccc(Cl)c4F)nnc(C)c3C)=N2)c(C)s1. The Hall–Kier alpha value is -2.00. The molecule has 4 rings (SSSR count). The second kappa shape index (κ2) is 8.63. The molecule has 1 N–H and O–H groups in total. The molecule has 3 aromatic rings. The van der Waals surface area contributed by atoms with Crippen LogP contribution in [0, 0.1) is 33.5 Å². The molecule has 0 bridgehead atoms. The zero-order chi connectivity index (χ0) is 21.4. The maximum atomic E-state index is 14.5. The summed E-state index contributed by atoms with van der Waals surface area (Å²) in [5.74, 6) is 0.0853. The zero-order valence-electron chi connectivity index (χ0n) is 16.9. The van der Waals surface area contributed by atoms with Crippen LogP contribution < -0.4 is 5.48 Å². The van der Waals surface area contributed by atoms with Crippen LogP contribution in [0.5, 0.6) is 0 Å². The highest BCUT2D eigenvalue weighted by atomic mass is 35.5. The summed E-state index contributed by atoms with van der Waals surface area (Å²) in [5, 5.41) is 9.16. The Bertz CT molecular complexity index is 1150. The first-order valence-electron chi connectivity index (χ1n) is 9.33. The summed E-state index contributed by atoms with van der Waals surface area (Å²) in [4.78, 5) is 13.4. The lowest BCUT2D eigenvalue weighted by molar-refractivity contribution is 0.0620. The number of aromatic nitrogens is 2. The number of hydroxylamine groups is 1. The Balaban J connectivity index is 1.78. The Labute approximate surface area is 187 Å². The van der Waals surface area contributed by atoms with Gasteiger partial charge in [-0.2, -0.15) is 5.10 Å². The molecule has 0 radical (unpaired) electrons. The van der Waals surface area contributed by atoms with E-state index in [2.05, 4.69) is 35.6 Å². The fraction of sp³-hybridized carbons (Fsp3) is 0.286. The quantitative estimate of drug-likeness (QED) is 0.535. The summed E-state index contributed by atoms with van der Waals surface area (Å²) in [6, 6.07) is 6.92. The van der Waals surface area contributed by atoms with E-state index in [0.29, 0.717) is 22.4 Å². The third kappa shape index (κ3) is 4.09. The summed E-state index contributed by atoms with van der Waals surface area (Å²) in [7, 11) is 0. The Kier molecular flexibility index (Phi) is 6.11. The van der Waals surface area contributed by atoms with Crippen LogP contribution in [0.3, 0.4) is 0 Å². The van der Waals surface area contributed by atoms with Gasteiger partial charge in [0.2, 0.25) is 0 Å². The van der Waals surface area contributed by atoms with Crippen molar-refractivity contribution in [1.82, 2.24) is 15.7 Å². The van der Waals surface area contributed by atoms with Gasteiger partial charge in [0.25, 0.3) is 0 Å². The van der Waals surface area contributed by atoms with Crippen molar-refractivity contribution in [1.29, 1.82) is 0 Å². The third-order valence-corrected chi connectivity index (χ3v) is 7.20. The normalized spacial score (nSPS) is 16.3. The number of hydrogen-bond acceptors (Lipinski definition) is 7. The van der Waals surface area contributed by atoms with Crippen molar-refractivity contribution in [3.05, 3.63) is 67.2 Å². The minimum Gasteiger partial charge on any atom is -0.272 e. The molecule has 30 heavy (non-hydrogen) atoms. The lowest BCUT2D eigenvalue weighted by atomic mass is 10.1. The Morgan fingerprint density at radius 1 is 1.23 bits per heavy atom. The fourth-order valence-electron chi connectivity index (χ4n) is 3.27. The number of rotatable bonds is 4. The molecule has 0 saturated carbocycles. The molecular formula is C21H20ClFN4OS2. The van der Waals surface area contributed by atoms with Crippen molar-refractivity contribution in [2.75, 3.05) is 6.61 Å². The van der Waals surface area contributed by atoms with Crippen LogP contribution >= 0.6 is 34.7 Å². The molecule has 0 aliphatic carbocycles. The maximum absolute atomic E-state index is 14.5. The molecule has 3 heterocycles. The third-order valence-electron chi connectivity index (χ3n) is 4.92. The number of amidine groups is 1. The number of aryl methyl sites for hydroxylation is 3. The minimum atomic E-state index is -0.479. The van der Waals surface area contributed by atoms with E-state index >= 15 is 0 Å². The first-order chi connectivity index (χ1) is 14.3. The van der Waals surface area contributed by atoms with Crippen LogP contribution in [-0.4, -0.2) is 22.6 Å². The van der Waals surface area contributed by atoms with Gasteiger partial charge in [0.15, 0.2) is 11.7 Å². The van der Waals surface area contributed by atoms with Crippen LogP contribution in [0.2, 0.25) is 5.02 Å². The van der Waals surface area contributed by atoms with Gasteiger partial charge in [0.1, 0.15) is 17.7 Å². The van der Waals surface area contributed by atoms with E-state index in [-0.39, 0.29) is 11.1 Å². The highest BCUT2D eigenvalue weighted by Gasteiger charge is 2.26. The number of nitrogens with one attached hydrogen (secondary N) is 1. The number of benzene rings is 1. The largest absolute Gasteiger partial charge is 0.272 e. The van der Waals surface area contributed by atoms with Crippen LogP contribution in [0.25, 0.3) is 0 Å². The first-order valence-corrected chi connectivity index (χ1v) is 11.3. The molecule has 156 valence electrons. The van der Waals surface area contributed by atoms with E-state index in [4.69, 9.17) is 21.4 Å². The number of nitrogens with zero attached hydrogens (tertiary/aromatic N) is 3. The molecular weight excluding hydrogens is 443 g/mol. The maximum Gasteiger partial charge on any atom is 0.156 e. The Morgan fingerprint density at radius 3 is 2.77 bits per heavy atom. The van der Waals surface area contributed by atoms with Gasteiger partial charge in [-0.1, -0.05) is 29.4 Å². The molecule has 9 heteroatoms. The highest BCUT2D eigenvalue weighted by Crippen LogP contribution is 2.36. The van der Waals surface area contributed by atoms with E-state index in [1.165, 1.54) is 27.6 Å². The summed E-state index contributed by atoms with van der Waals surface area (Å²) in [6.45, 7) is 8.45. The molecule has 0 fully saturated rings. The van der Waals surface area contributed by atoms with E-state index in [9.17, 15) is 4.39 Å². The molecule has 1 atom stereocenters. The van der Waals surface area contributed by atoms with Crippen LogP contribution in [-0.2, 0) is 4.84 Å². The van der Waals surface area contributed by atoms with Gasteiger partial charge in [-0.05, 0) is 57.0 Å². The van der Waals surface area contributed by atoms with Gasteiger partial charge in [-0.25, -0.2) is 9.87 Å². The lowest BCUT2D eigenvalue weighted by Crippen LogP contribution is -2.34. The van der Waals surface area contributed by atoms with Crippen LogP contribution in [0.1, 0.15) is 38.2 Å². The predicted molar refractivity (Wildman–Crippen MR) is 119 cm³/mol. The highest BCUT2D eigenvalue weighted by molar-refractivity contribution is 7.99. The van der Waals surface area contributed by atoms with Crippen molar-refractivity contribution in [3.63, 3.8) is 0 Å². The van der Waals surface area contributed by atoms with Crippen molar-refractivity contribution in [2.24, 2.45) is 4.99 Å². The van der Waals surface area contributed by atoms with Crippen LogP contribution in [0.4, 0.5) is 4.39 Å². The molecule has 0 saturated heterocycles. The summed E-state index contributed by atoms with van der Waals surface area (Å²) >= 11 is 8.87. The van der Waals surface area contributed by atoms with Crippen molar-refractivity contribution in [3.8, 4) is 0 Å². The van der Waals surface area contributed by atoms with E-state index < -0.39 is 5.82 Å². The summed E-state index contributed by atoms with van der Waals surface area (Å²) < 4.78 is 14.5. The zero-order valence-corrected chi connectivity index (χ0v) is 19.3. The molecule has 1 aliphatic heterocycles. The number of hydrogen-bond donors (Lipinski definition) is 1. The van der Waals surface area contributed by atoms with E-state index in [1.807, 2.05) is 13.8 Å². The average molecular weight is 463 g/mol. The first kappa shape index (κ1) is 21.2. The van der Waals surface area contributed by atoms with Gasteiger partial charge < -0.3 is 0 Å². The smallest absolute Gasteiger partial charge is 0.156 e. The second-order valence-corrected chi connectivity index (χ2v) is 9.92. The van der Waals surface area contributed by atoms with Crippen molar-refractivity contribution < 1.29 is 9.23 Å². The standard InChI is InChI=1S/C21H20ClFN4OS2/c1-10-8-14(13(4)29-10)16-9-28-27-20(24-16)18-11(2)12(3)25-26-21(18)30-17-7-5-6-15(22)19(17)23/h5-8,16H,9H2,1-4H3,(H,24,27)/t16-/m0/s1. The molecule has 0 spiro atoms. The predicted octanol–water partition coefficient (Wildman–Crippen LogP) is 5.74.